The summed E-state index contributed by atoms with van der Waals surface area (Å²) >= 11 is 3.63. The van der Waals surface area contributed by atoms with E-state index in [0.29, 0.717) is 12.5 Å². The van der Waals surface area contributed by atoms with E-state index in [9.17, 15) is 0 Å². The number of ether oxygens (including phenoxy) is 1. The fourth-order valence-corrected chi connectivity index (χ4v) is 2.83. The number of hydrogen-bond acceptors (Lipinski definition) is 3. The van der Waals surface area contributed by atoms with Gasteiger partial charge in [0.2, 0.25) is 0 Å². The molecule has 0 radical (unpaired) electrons. The quantitative estimate of drug-likeness (QED) is 0.833. The molecule has 2 N–H and O–H groups in total. The zero-order chi connectivity index (χ0) is 14.4. The van der Waals surface area contributed by atoms with E-state index < -0.39 is 0 Å². The number of rotatable bonds is 7. The Kier molecular flexibility index (Phi) is 6.83. The molecule has 1 aromatic carbocycles. The molecular weight excluding hydrogens is 304 g/mol. The largest absolute Gasteiger partial charge is 0.497 e. The Bertz CT molecular complexity index is 396. The fourth-order valence-electron chi connectivity index (χ4n) is 2.32. The molecule has 1 aromatic rings. The van der Waals surface area contributed by atoms with Gasteiger partial charge in [0.15, 0.2) is 0 Å². The molecule has 0 spiro atoms. The molecule has 0 heterocycles. The van der Waals surface area contributed by atoms with Crippen LogP contribution >= 0.6 is 15.9 Å². The van der Waals surface area contributed by atoms with Gasteiger partial charge in [-0.15, -0.1) is 0 Å². The first kappa shape index (κ1) is 16.5. The van der Waals surface area contributed by atoms with Crippen LogP contribution in [0, 0.1) is 5.92 Å². The van der Waals surface area contributed by atoms with Crippen LogP contribution in [0.15, 0.2) is 22.7 Å². The molecule has 1 atom stereocenters. The maximum atomic E-state index is 6.01. The van der Waals surface area contributed by atoms with E-state index in [1.165, 1.54) is 5.56 Å². The van der Waals surface area contributed by atoms with Gasteiger partial charge in [-0.25, -0.2) is 0 Å². The predicted molar refractivity (Wildman–Crippen MR) is 84.6 cm³/mol. The molecule has 1 unspecified atom stereocenters. The van der Waals surface area contributed by atoms with Crippen molar-refractivity contribution in [2.24, 2.45) is 11.7 Å². The van der Waals surface area contributed by atoms with Gasteiger partial charge < -0.3 is 10.5 Å². The van der Waals surface area contributed by atoms with Crippen LogP contribution in [-0.2, 0) is 0 Å². The predicted octanol–water partition coefficient (Wildman–Crippen LogP) is 3.44. The highest BCUT2D eigenvalue weighted by Gasteiger charge is 2.21. The number of likely N-dealkylation sites (N-methyl/N-ethyl adjacent to an activating group) is 1. The van der Waals surface area contributed by atoms with Gasteiger partial charge in [0, 0.05) is 23.6 Å². The first-order valence-electron chi connectivity index (χ1n) is 6.81. The van der Waals surface area contributed by atoms with Gasteiger partial charge >= 0.3 is 0 Å². The molecule has 1 rings (SSSR count). The Morgan fingerprint density at radius 3 is 2.53 bits per heavy atom. The molecule has 0 aliphatic carbocycles. The Labute approximate surface area is 125 Å². The summed E-state index contributed by atoms with van der Waals surface area (Å²) in [5.41, 5.74) is 7.21. The van der Waals surface area contributed by atoms with Crippen molar-refractivity contribution in [1.82, 2.24) is 4.90 Å². The van der Waals surface area contributed by atoms with Crippen LogP contribution in [0.3, 0.4) is 0 Å². The third-order valence-corrected chi connectivity index (χ3v) is 3.95. The van der Waals surface area contributed by atoms with Gasteiger partial charge in [-0.2, -0.15) is 0 Å². The van der Waals surface area contributed by atoms with E-state index in [2.05, 4.69) is 47.7 Å². The average Bonchev–Trinajstić information content (AvgIpc) is 2.39. The van der Waals surface area contributed by atoms with Crippen molar-refractivity contribution in [3.63, 3.8) is 0 Å². The third-order valence-electron chi connectivity index (χ3n) is 3.23. The van der Waals surface area contributed by atoms with Crippen molar-refractivity contribution in [1.29, 1.82) is 0 Å². The summed E-state index contributed by atoms with van der Waals surface area (Å²) in [5.74, 6) is 1.50. The lowest BCUT2D eigenvalue weighted by atomic mass is 10.0. The van der Waals surface area contributed by atoms with Crippen molar-refractivity contribution < 1.29 is 4.74 Å². The maximum absolute atomic E-state index is 6.01. The van der Waals surface area contributed by atoms with Crippen LogP contribution in [0.1, 0.15) is 32.4 Å². The molecule has 0 saturated carbocycles. The summed E-state index contributed by atoms with van der Waals surface area (Å²) in [5, 5.41) is 0. The van der Waals surface area contributed by atoms with Crippen LogP contribution in [-0.4, -0.2) is 31.6 Å². The highest BCUT2D eigenvalue weighted by atomic mass is 79.9. The zero-order valence-electron chi connectivity index (χ0n) is 12.3. The van der Waals surface area contributed by atoms with E-state index in [4.69, 9.17) is 10.5 Å². The lowest BCUT2D eigenvalue weighted by Crippen LogP contribution is -2.36. The molecular formula is C15H25BrN2O. The number of hydrogen-bond donors (Lipinski definition) is 1. The molecule has 0 aliphatic rings. The van der Waals surface area contributed by atoms with Crippen LogP contribution in [0.4, 0.5) is 0 Å². The highest BCUT2D eigenvalue weighted by molar-refractivity contribution is 9.10. The number of methoxy groups -OCH3 is 1. The Balaban J connectivity index is 3.06. The molecule has 19 heavy (non-hydrogen) atoms. The van der Waals surface area contributed by atoms with Gasteiger partial charge in [-0.3, -0.25) is 4.90 Å². The normalized spacial score (nSPS) is 13.1. The van der Waals surface area contributed by atoms with Gasteiger partial charge in [0.25, 0.3) is 0 Å². The number of benzene rings is 1. The zero-order valence-corrected chi connectivity index (χ0v) is 13.9. The molecule has 0 saturated heterocycles. The van der Waals surface area contributed by atoms with Gasteiger partial charge in [0.05, 0.1) is 7.11 Å². The van der Waals surface area contributed by atoms with E-state index >= 15 is 0 Å². The van der Waals surface area contributed by atoms with Crippen molar-refractivity contribution in [3.05, 3.63) is 28.2 Å². The van der Waals surface area contributed by atoms with E-state index in [1.54, 1.807) is 7.11 Å². The van der Waals surface area contributed by atoms with Crippen LogP contribution in [0.25, 0.3) is 0 Å². The van der Waals surface area contributed by atoms with Crippen molar-refractivity contribution >= 4 is 15.9 Å². The summed E-state index contributed by atoms with van der Waals surface area (Å²) in [7, 11) is 1.69. The van der Waals surface area contributed by atoms with Gasteiger partial charge in [-0.1, -0.05) is 36.7 Å². The minimum absolute atomic E-state index is 0.219. The maximum Gasteiger partial charge on any atom is 0.119 e. The average molecular weight is 329 g/mol. The topological polar surface area (TPSA) is 38.5 Å². The SMILES string of the molecule is CCN(CC(C)C)C(CN)c1cc(OC)ccc1Br. The molecule has 0 amide bonds. The molecule has 0 fully saturated rings. The Hall–Kier alpha value is -0.580. The summed E-state index contributed by atoms with van der Waals surface area (Å²) in [6.07, 6.45) is 0. The highest BCUT2D eigenvalue weighted by Crippen LogP contribution is 2.31. The second kappa shape index (κ2) is 7.88. The summed E-state index contributed by atoms with van der Waals surface area (Å²) in [6, 6.07) is 6.28. The number of nitrogens with zero attached hydrogens (tertiary/aromatic N) is 1. The summed E-state index contributed by atoms with van der Waals surface area (Å²) in [4.78, 5) is 2.42. The lowest BCUT2D eigenvalue weighted by molar-refractivity contribution is 0.188. The van der Waals surface area contributed by atoms with E-state index in [1.807, 2.05) is 12.1 Å². The minimum Gasteiger partial charge on any atom is -0.497 e. The molecule has 0 aromatic heterocycles. The first-order valence-corrected chi connectivity index (χ1v) is 7.60. The molecule has 4 heteroatoms. The summed E-state index contributed by atoms with van der Waals surface area (Å²) < 4.78 is 6.41. The molecule has 0 bridgehead atoms. The lowest BCUT2D eigenvalue weighted by Gasteiger charge is -2.32. The Morgan fingerprint density at radius 1 is 1.37 bits per heavy atom. The number of nitrogens with two attached hydrogens (primary N) is 1. The fraction of sp³-hybridized carbons (Fsp3) is 0.600. The van der Waals surface area contributed by atoms with Crippen LogP contribution < -0.4 is 10.5 Å². The molecule has 0 aliphatic heterocycles. The smallest absolute Gasteiger partial charge is 0.119 e. The monoisotopic (exact) mass is 328 g/mol. The van der Waals surface area contributed by atoms with Crippen molar-refractivity contribution in [2.75, 3.05) is 26.7 Å². The van der Waals surface area contributed by atoms with Crippen molar-refractivity contribution in [3.8, 4) is 5.75 Å². The second-order valence-corrected chi connectivity index (χ2v) is 5.97. The van der Waals surface area contributed by atoms with Crippen LogP contribution in [0.2, 0.25) is 0 Å². The van der Waals surface area contributed by atoms with E-state index in [-0.39, 0.29) is 6.04 Å². The first-order chi connectivity index (χ1) is 9.03. The van der Waals surface area contributed by atoms with Gasteiger partial charge in [-0.05, 0) is 36.2 Å². The van der Waals surface area contributed by atoms with E-state index in [0.717, 1.165) is 23.3 Å². The number of halogens is 1. The second-order valence-electron chi connectivity index (χ2n) is 5.12. The minimum atomic E-state index is 0.219. The molecule has 108 valence electrons. The third kappa shape index (κ3) is 4.48. The van der Waals surface area contributed by atoms with Crippen LogP contribution in [0.5, 0.6) is 5.75 Å². The summed E-state index contributed by atoms with van der Waals surface area (Å²) in [6.45, 7) is 9.28. The standard InChI is InChI=1S/C15H25BrN2O/c1-5-18(10-11(2)3)15(9-17)13-8-12(19-4)6-7-14(13)16/h6-8,11,15H,5,9-10,17H2,1-4H3. The molecule has 3 nitrogen and oxygen atoms in total. The van der Waals surface area contributed by atoms with Crippen molar-refractivity contribution in [2.45, 2.75) is 26.8 Å². The van der Waals surface area contributed by atoms with Gasteiger partial charge in [0.1, 0.15) is 5.75 Å². The Morgan fingerprint density at radius 2 is 2.05 bits per heavy atom.